The fourth-order valence-electron chi connectivity index (χ4n) is 0. The molecule has 0 saturated carbocycles. The van der Waals surface area contributed by atoms with Crippen molar-refractivity contribution in [3.63, 3.8) is 0 Å². The molecular formula is C3H5Cl. The highest BCUT2D eigenvalue weighted by molar-refractivity contribution is 6.22. The molecule has 2 radical (unpaired) electrons. The van der Waals surface area contributed by atoms with Crippen LogP contribution in [0, 0.1) is 5.88 Å². The molecule has 24 valence electrons. The normalized spacial score (nSPS) is 7.50. The van der Waals surface area contributed by atoms with Crippen LogP contribution in [0.3, 0.4) is 0 Å². The second-order valence-electron chi connectivity index (χ2n) is 0.487. The Morgan fingerprint density at radius 1 is 2.00 bits per heavy atom. The maximum Gasteiger partial charge on any atom is 0.0861 e. The van der Waals surface area contributed by atoms with Gasteiger partial charge in [0.2, 0.25) is 0 Å². The zero-order chi connectivity index (χ0) is 3.41. The Labute approximate surface area is 31.8 Å². The van der Waals surface area contributed by atoms with Crippen molar-refractivity contribution in [3.05, 3.63) is 5.88 Å². The van der Waals surface area contributed by atoms with Crippen LogP contribution in [0.25, 0.3) is 0 Å². The highest BCUT2D eigenvalue weighted by atomic mass is 35.5. The summed E-state index contributed by atoms with van der Waals surface area (Å²) in [5.41, 5.74) is 0. The Kier molecular flexibility index (Phi) is 3.53. The fourth-order valence-corrected chi connectivity index (χ4v) is 0. The molecule has 0 aromatic heterocycles. The van der Waals surface area contributed by atoms with Crippen LogP contribution in [0.5, 0.6) is 0 Å². The smallest absolute Gasteiger partial charge is 0.0861 e. The highest BCUT2D eigenvalue weighted by Gasteiger charge is 1.62. The Morgan fingerprint density at radius 3 is 2.25 bits per heavy atom. The molecule has 0 amide bonds. The van der Waals surface area contributed by atoms with E-state index in [1.807, 2.05) is 6.92 Å². The summed E-state index contributed by atoms with van der Waals surface area (Å²) in [5, 5.41) is 0. The van der Waals surface area contributed by atoms with Gasteiger partial charge >= 0.3 is 0 Å². The first kappa shape index (κ1) is 4.29. The van der Waals surface area contributed by atoms with Crippen LogP contribution >= 0.6 is 11.6 Å². The molecule has 0 unspecified atom stereocenters. The minimum atomic E-state index is 0.835. The topological polar surface area (TPSA) is 0 Å². The maximum absolute atomic E-state index is 4.94. The molecule has 0 heterocycles. The van der Waals surface area contributed by atoms with E-state index in [2.05, 4.69) is 5.88 Å². The van der Waals surface area contributed by atoms with E-state index in [9.17, 15) is 0 Å². The van der Waals surface area contributed by atoms with Gasteiger partial charge in [0.15, 0.2) is 0 Å². The Balaban J connectivity index is 1.97. The molecule has 0 aliphatic rings. The summed E-state index contributed by atoms with van der Waals surface area (Å²) in [6, 6.07) is 0. The van der Waals surface area contributed by atoms with Gasteiger partial charge in [-0.3, -0.25) is 0 Å². The summed E-state index contributed by atoms with van der Waals surface area (Å²) in [4.78, 5) is 0. The van der Waals surface area contributed by atoms with E-state index >= 15 is 0 Å². The van der Waals surface area contributed by atoms with E-state index in [0.717, 1.165) is 6.42 Å². The van der Waals surface area contributed by atoms with Crippen molar-refractivity contribution in [2.75, 3.05) is 0 Å². The summed E-state index contributed by atoms with van der Waals surface area (Å²) in [7, 11) is 0. The molecule has 1 heteroatoms. The largest absolute Gasteiger partial charge is 0.115 e. The van der Waals surface area contributed by atoms with Crippen LogP contribution in [-0.2, 0) is 0 Å². The molecule has 0 atom stereocenters. The Bertz CT molecular complexity index is 5.25. The predicted octanol–water partition coefficient (Wildman–Crippen LogP) is 1.67. The van der Waals surface area contributed by atoms with Gasteiger partial charge in [-0.1, -0.05) is 6.92 Å². The quantitative estimate of drug-likeness (QED) is 0.446. The van der Waals surface area contributed by atoms with Gasteiger partial charge in [-0.05, 0) is 6.42 Å². The minimum absolute atomic E-state index is 0.835. The lowest BCUT2D eigenvalue weighted by Crippen LogP contribution is -1.44. The van der Waals surface area contributed by atoms with Crippen LogP contribution < -0.4 is 0 Å². The predicted molar refractivity (Wildman–Crippen MR) is 19.4 cm³/mol. The molecule has 0 aliphatic heterocycles. The van der Waals surface area contributed by atoms with Gasteiger partial charge in [-0.15, -0.1) is 11.6 Å². The van der Waals surface area contributed by atoms with Gasteiger partial charge in [-0.2, -0.15) is 0 Å². The molecular weight excluding hydrogens is 71.5 g/mol. The molecule has 4 heavy (non-hydrogen) atoms. The third kappa shape index (κ3) is 2.29. The van der Waals surface area contributed by atoms with Crippen LogP contribution in [0.1, 0.15) is 13.3 Å². The zero-order valence-corrected chi connectivity index (χ0v) is 3.34. The van der Waals surface area contributed by atoms with Gasteiger partial charge < -0.3 is 0 Å². The standard InChI is InChI=1S/C3H5Cl/c1-2-3-4/h2H2,1H3. The molecule has 0 saturated heterocycles. The molecule has 0 N–H and O–H groups in total. The van der Waals surface area contributed by atoms with Crippen LogP contribution in [0.2, 0.25) is 0 Å². The van der Waals surface area contributed by atoms with Crippen LogP contribution in [-0.4, -0.2) is 0 Å². The van der Waals surface area contributed by atoms with Gasteiger partial charge in [0.25, 0.3) is 0 Å². The van der Waals surface area contributed by atoms with Crippen molar-refractivity contribution in [2.24, 2.45) is 0 Å². The fraction of sp³-hybridized carbons (Fsp3) is 0.667. The number of rotatable bonds is 1. The lowest BCUT2D eigenvalue weighted by atomic mass is 10.6. The lowest BCUT2D eigenvalue weighted by molar-refractivity contribution is 1.19. The third-order valence-corrected chi connectivity index (χ3v) is 0.401. The van der Waals surface area contributed by atoms with Gasteiger partial charge in [-0.25, -0.2) is 0 Å². The molecule has 0 rings (SSSR count). The average Bonchev–Trinajstić information content (AvgIpc) is 1.37. The molecule has 0 spiro atoms. The third-order valence-electron chi connectivity index (χ3n) is 0.134. The number of halogens is 1. The Hall–Kier alpha value is 0.290. The van der Waals surface area contributed by atoms with Crippen molar-refractivity contribution in [2.45, 2.75) is 13.3 Å². The van der Waals surface area contributed by atoms with E-state index in [1.165, 1.54) is 0 Å². The van der Waals surface area contributed by atoms with Gasteiger partial charge in [0.05, 0.1) is 5.88 Å². The van der Waals surface area contributed by atoms with E-state index in [0.29, 0.717) is 0 Å². The number of hydrogen-bond acceptors (Lipinski definition) is 0. The van der Waals surface area contributed by atoms with E-state index in [4.69, 9.17) is 11.6 Å². The van der Waals surface area contributed by atoms with Crippen molar-refractivity contribution >= 4 is 11.6 Å². The molecule has 0 aliphatic carbocycles. The molecule has 0 nitrogen and oxygen atoms in total. The van der Waals surface area contributed by atoms with Gasteiger partial charge in [0, 0.05) is 0 Å². The van der Waals surface area contributed by atoms with Crippen LogP contribution in [0.15, 0.2) is 0 Å². The molecule has 0 aromatic rings. The lowest BCUT2D eigenvalue weighted by Gasteiger charge is -1.63. The Morgan fingerprint density at radius 2 is 2.25 bits per heavy atom. The monoisotopic (exact) mass is 76.0 g/mol. The average molecular weight is 76.5 g/mol. The molecule has 0 fully saturated rings. The molecule has 0 aromatic carbocycles. The highest BCUT2D eigenvalue weighted by Crippen LogP contribution is 1.85. The first-order valence-corrected chi connectivity index (χ1v) is 1.63. The van der Waals surface area contributed by atoms with E-state index in [-0.39, 0.29) is 0 Å². The first-order chi connectivity index (χ1) is 1.91. The molecule has 0 bridgehead atoms. The summed E-state index contributed by atoms with van der Waals surface area (Å²) in [6.45, 7) is 1.94. The second-order valence-corrected chi connectivity index (χ2v) is 0.754. The van der Waals surface area contributed by atoms with E-state index in [1.54, 1.807) is 0 Å². The maximum atomic E-state index is 4.94. The van der Waals surface area contributed by atoms with Crippen molar-refractivity contribution in [3.8, 4) is 0 Å². The van der Waals surface area contributed by atoms with Crippen molar-refractivity contribution in [1.82, 2.24) is 0 Å². The summed E-state index contributed by atoms with van der Waals surface area (Å²) in [6.07, 6.45) is 0.835. The van der Waals surface area contributed by atoms with E-state index < -0.39 is 0 Å². The van der Waals surface area contributed by atoms with Crippen molar-refractivity contribution < 1.29 is 0 Å². The van der Waals surface area contributed by atoms with Crippen molar-refractivity contribution in [1.29, 1.82) is 0 Å². The second kappa shape index (κ2) is 3.29. The SMILES string of the molecule is CC[C]Cl. The first-order valence-electron chi connectivity index (χ1n) is 1.25. The zero-order valence-electron chi connectivity index (χ0n) is 2.59. The van der Waals surface area contributed by atoms with Crippen LogP contribution in [0.4, 0.5) is 0 Å². The minimum Gasteiger partial charge on any atom is -0.115 e. The van der Waals surface area contributed by atoms with Gasteiger partial charge in [0.1, 0.15) is 0 Å². The summed E-state index contributed by atoms with van der Waals surface area (Å²) >= 11 is 4.94. The summed E-state index contributed by atoms with van der Waals surface area (Å²) in [5.74, 6) is 2.40. The summed E-state index contributed by atoms with van der Waals surface area (Å²) < 4.78 is 0. The number of hydrogen-bond donors (Lipinski definition) is 0.